The topological polar surface area (TPSA) is 91.0 Å². The van der Waals surface area contributed by atoms with Crippen molar-refractivity contribution in [3.05, 3.63) is 34.9 Å². The van der Waals surface area contributed by atoms with Crippen LogP contribution in [0.25, 0.3) is 22.2 Å². The van der Waals surface area contributed by atoms with Gasteiger partial charge in [-0.2, -0.15) is 5.10 Å². The molecule has 3 aromatic heterocycles. The molecule has 8 nitrogen and oxygen atoms in total. The van der Waals surface area contributed by atoms with Crippen LogP contribution in [0.2, 0.25) is 0 Å². The second kappa shape index (κ2) is 7.93. The molecular weight excluding hydrogens is 382 g/mol. The largest absolute Gasteiger partial charge is 0.488 e. The zero-order valence-electron chi connectivity index (χ0n) is 17.8. The Balaban J connectivity index is 1.86. The van der Waals surface area contributed by atoms with Crippen molar-refractivity contribution in [1.82, 2.24) is 19.3 Å². The predicted octanol–water partition coefficient (Wildman–Crippen LogP) is 3.52. The monoisotopic (exact) mass is 409 g/mol. The number of nitrogens with zero attached hydrogens (tertiary/aromatic N) is 4. The lowest BCUT2D eigenvalue weighted by Crippen LogP contribution is -2.32. The molecule has 3 aromatic rings. The molecule has 0 spiro atoms. The van der Waals surface area contributed by atoms with Crippen molar-refractivity contribution in [2.45, 2.75) is 46.1 Å². The number of hydrogen-bond donors (Lipinski definition) is 1. The van der Waals surface area contributed by atoms with Crippen LogP contribution in [0.4, 0.5) is 5.82 Å². The van der Waals surface area contributed by atoms with E-state index in [1.165, 1.54) is 6.92 Å². The van der Waals surface area contributed by atoms with E-state index in [1.54, 1.807) is 16.9 Å². The minimum Gasteiger partial charge on any atom is -0.488 e. The molecule has 0 aliphatic heterocycles. The molecule has 1 aliphatic carbocycles. The first-order valence-electron chi connectivity index (χ1n) is 10.3. The van der Waals surface area contributed by atoms with Crippen LogP contribution in [0.3, 0.4) is 0 Å². The molecule has 1 N–H and O–H groups in total. The maximum Gasteiger partial charge on any atom is 0.309 e. The Morgan fingerprint density at radius 2 is 2.10 bits per heavy atom. The summed E-state index contributed by atoms with van der Waals surface area (Å²) >= 11 is 0. The highest BCUT2D eigenvalue weighted by Crippen LogP contribution is 2.34. The number of anilines is 1. The van der Waals surface area contributed by atoms with Crippen molar-refractivity contribution < 1.29 is 9.53 Å². The van der Waals surface area contributed by atoms with Gasteiger partial charge in [0.15, 0.2) is 5.75 Å². The maximum atomic E-state index is 13.0. The summed E-state index contributed by atoms with van der Waals surface area (Å²) in [5.74, 6) is 0.933. The van der Waals surface area contributed by atoms with Crippen molar-refractivity contribution in [3.63, 3.8) is 0 Å². The highest BCUT2D eigenvalue weighted by atomic mass is 16.5. The first-order chi connectivity index (χ1) is 14.3. The predicted molar refractivity (Wildman–Crippen MR) is 116 cm³/mol. The van der Waals surface area contributed by atoms with Crippen LogP contribution >= 0.6 is 0 Å². The number of hydrogen-bond acceptors (Lipinski definition) is 5. The fourth-order valence-corrected chi connectivity index (χ4v) is 3.59. The molecule has 3 heterocycles. The van der Waals surface area contributed by atoms with Gasteiger partial charge in [0, 0.05) is 37.2 Å². The van der Waals surface area contributed by atoms with Crippen molar-refractivity contribution in [2.75, 3.05) is 11.9 Å². The second-order valence-corrected chi connectivity index (χ2v) is 8.35. The molecule has 8 heteroatoms. The smallest absolute Gasteiger partial charge is 0.309 e. The van der Waals surface area contributed by atoms with E-state index in [2.05, 4.69) is 10.3 Å². The van der Waals surface area contributed by atoms with E-state index in [-0.39, 0.29) is 17.5 Å². The lowest BCUT2D eigenvalue weighted by Gasteiger charge is -2.27. The molecule has 0 aromatic carbocycles. The third-order valence-electron chi connectivity index (χ3n) is 5.35. The Hall–Kier alpha value is -3.16. The first kappa shape index (κ1) is 20.1. The molecule has 4 rings (SSSR count). The van der Waals surface area contributed by atoms with Crippen LogP contribution in [0.15, 0.2) is 29.3 Å². The first-order valence-corrected chi connectivity index (χ1v) is 10.3. The normalized spacial score (nSPS) is 14.2. The van der Waals surface area contributed by atoms with Crippen LogP contribution in [-0.2, 0) is 11.8 Å². The third-order valence-corrected chi connectivity index (χ3v) is 5.35. The molecule has 0 bridgehead atoms. The average molecular weight is 409 g/mol. The van der Waals surface area contributed by atoms with Crippen molar-refractivity contribution in [3.8, 4) is 17.0 Å². The fraction of sp³-hybridized carbons (Fsp3) is 0.455. The Morgan fingerprint density at radius 1 is 1.33 bits per heavy atom. The molecule has 30 heavy (non-hydrogen) atoms. The SMILES string of the molecule is CC(=O)Nc1cc2c(-c3cc(OCC(C)C)c(=O)n(C4CCC4)n3)cn(C)c2cn1. The molecular formula is C22H27N5O3. The van der Waals surface area contributed by atoms with Crippen LogP contribution in [0.1, 0.15) is 46.1 Å². The number of aromatic nitrogens is 4. The molecule has 1 fully saturated rings. The van der Waals surface area contributed by atoms with E-state index in [4.69, 9.17) is 9.84 Å². The van der Waals surface area contributed by atoms with Crippen LogP contribution in [0, 0.1) is 5.92 Å². The summed E-state index contributed by atoms with van der Waals surface area (Å²) in [4.78, 5) is 28.7. The number of nitrogens with one attached hydrogen (secondary N) is 1. The van der Waals surface area contributed by atoms with Gasteiger partial charge in [0.25, 0.3) is 0 Å². The number of carbonyl (C=O) groups is 1. The summed E-state index contributed by atoms with van der Waals surface area (Å²) in [5, 5.41) is 8.34. The number of carbonyl (C=O) groups excluding carboxylic acids is 1. The lowest BCUT2D eigenvalue weighted by molar-refractivity contribution is -0.114. The van der Waals surface area contributed by atoms with Crippen LogP contribution in [0.5, 0.6) is 5.75 Å². The van der Waals surface area contributed by atoms with E-state index in [0.717, 1.165) is 35.7 Å². The number of rotatable bonds is 6. The fourth-order valence-electron chi connectivity index (χ4n) is 3.59. The second-order valence-electron chi connectivity index (χ2n) is 8.35. The van der Waals surface area contributed by atoms with Gasteiger partial charge in [-0.15, -0.1) is 0 Å². The number of ether oxygens (including phenoxy) is 1. The maximum absolute atomic E-state index is 13.0. The molecule has 0 radical (unpaired) electrons. The van der Waals surface area contributed by atoms with Crippen molar-refractivity contribution >= 4 is 22.6 Å². The minimum atomic E-state index is -0.180. The summed E-state index contributed by atoms with van der Waals surface area (Å²) in [6.07, 6.45) is 6.69. The quantitative estimate of drug-likeness (QED) is 0.673. The van der Waals surface area contributed by atoms with Gasteiger partial charge < -0.3 is 14.6 Å². The molecule has 1 amide bonds. The number of fused-ring (bicyclic) bond motifs is 1. The van der Waals surface area contributed by atoms with Gasteiger partial charge in [0.2, 0.25) is 5.91 Å². The highest BCUT2D eigenvalue weighted by molar-refractivity contribution is 5.98. The van der Waals surface area contributed by atoms with Gasteiger partial charge in [-0.25, -0.2) is 9.67 Å². The van der Waals surface area contributed by atoms with Crippen LogP contribution < -0.4 is 15.6 Å². The molecule has 1 aliphatic rings. The van der Waals surface area contributed by atoms with E-state index >= 15 is 0 Å². The molecule has 0 saturated heterocycles. The third kappa shape index (κ3) is 3.81. The summed E-state index contributed by atoms with van der Waals surface area (Å²) in [7, 11) is 1.93. The standard InChI is InChI=1S/C22H27N5O3/c1-13(2)12-30-20-9-18(25-27(22(20)29)15-6-5-7-15)17-11-26(4)19-10-23-21(8-16(17)19)24-14(3)28/h8-11,13,15H,5-7,12H2,1-4H3,(H,23,24,28). The Morgan fingerprint density at radius 3 is 2.73 bits per heavy atom. The van der Waals surface area contributed by atoms with Gasteiger partial charge in [-0.1, -0.05) is 13.8 Å². The summed E-state index contributed by atoms with van der Waals surface area (Å²) < 4.78 is 9.41. The Bertz CT molecular complexity index is 1160. The van der Waals surface area contributed by atoms with Crippen molar-refractivity contribution in [2.24, 2.45) is 13.0 Å². The van der Waals surface area contributed by atoms with E-state index in [9.17, 15) is 9.59 Å². The van der Waals surface area contributed by atoms with E-state index in [1.807, 2.05) is 37.7 Å². The zero-order chi connectivity index (χ0) is 21.4. The number of aryl methyl sites for hydroxylation is 1. The minimum absolute atomic E-state index is 0.116. The number of pyridine rings is 1. The summed E-state index contributed by atoms with van der Waals surface area (Å²) in [6.45, 7) is 6.02. The summed E-state index contributed by atoms with van der Waals surface area (Å²) in [6, 6.07) is 3.68. The zero-order valence-corrected chi connectivity index (χ0v) is 17.8. The Labute approximate surface area is 174 Å². The van der Waals surface area contributed by atoms with Crippen LogP contribution in [-0.4, -0.2) is 31.8 Å². The van der Waals surface area contributed by atoms with Gasteiger partial charge in [0.05, 0.1) is 30.1 Å². The average Bonchev–Trinajstić information content (AvgIpc) is 2.96. The summed E-state index contributed by atoms with van der Waals surface area (Å²) in [5.41, 5.74) is 2.27. The Kier molecular flexibility index (Phi) is 5.32. The van der Waals surface area contributed by atoms with Gasteiger partial charge in [-0.3, -0.25) is 9.59 Å². The van der Waals surface area contributed by atoms with Gasteiger partial charge in [-0.05, 0) is 31.2 Å². The highest BCUT2D eigenvalue weighted by Gasteiger charge is 2.25. The van der Waals surface area contributed by atoms with Gasteiger partial charge in [0.1, 0.15) is 5.82 Å². The van der Waals surface area contributed by atoms with E-state index < -0.39 is 0 Å². The van der Waals surface area contributed by atoms with Crippen molar-refractivity contribution in [1.29, 1.82) is 0 Å². The molecule has 1 saturated carbocycles. The molecule has 0 unspecified atom stereocenters. The van der Waals surface area contributed by atoms with E-state index in [0.29, 0.717) is 29.8 Å². The molecule has 0 atom stereocenters. The number of amides is 1. The molecule has 158 valence electrons. The van der Waals surface area contributed by atoms with Gasteiger partial charge >= 0.3 is 5.56 Å². The lowest BCUT2D eigenvalue weighted by atomic mass is 9.93.